The summed E-state index contributed by atoms with van der Waals surface area (Å²) >= 11 is 0. The maximum absolute atomic E-state index is 5.23. The second-order valence-corrected chi connectivity index (χ2v) is 6.07. The van der Waals surface area contributed by atoms with E-state index in [0.717, 1.165) is 17.8 Å². The molecule has 1 aliphatic rings. The lowest BCUT2D eigenvalue weighted by atomic mass is 9.79. The molecule has 19 heavy (non-hydrogen) atoms. The molecule has 0 spiro atoms. The van der Waals surface area contributed by atoms with Crippen LogP contribution >= 0.6 is 0 Å². The molecule has 4 atom stereocenters. The summed E-state index contributed by atoms with van der Waals surface area (Å²) in [5, 5.41) is 3.62. The molecule has 1 saturated carbocycles. The highest BCUT2D eigenvalue weighted by Gasteiger charge is 2.25. The van der Waals surface area contributed by atoms with Gasteiger partial charge in [0.15, 0.2) is 0 Å². The van der Waals surface area contributed by atoms with E-state index in [9.17, 15) is 0 Å². The molecular weight excluding hydrogens is 238 g/mol. The summed E-state index contributed by atoms with van der Waals surface area (Å²) in [6.45, 7) is 7.59. The van der Waals surface area contributed by atoms with E-state index in [-0.39, 0.29) is 0 Å². The van der Waals surface area contributed by atoms with Crippen molar-refractivity contribution in [2.45, 2.75) is 52.1 Å². The molecule has 108 valence electrons. The second kappa shape index (κ2) is 6.42. The summed E-state index contributed by atoms with van der Waals surface area (Å²) < 4.78 is 7.40. The quantitative estimate of drug-likeness (QED) is 0.887. The van der Waals surface area contributed by atoms with Crippen molar-refractivity contribution < 1.29 is 4.74 Å². The molecule has 0 saturated heterocycles. The molecule has 0 aromatic carbocycles. The van der Waals surface area contributed by atoms with Crippen molar-refractivity contribution >= 4 is 5.95 Å². The van der Waals surface area contributed by atoms with Gasteiger partial charge in [-0.2, -0.15) is 0 Å². The zero-order chi connectivity index (χ0) is 13.8. The molecule has 1 N–H and O–H groups in total. The topological polar surface area (TPSA) is 39.1 Å². The Kier molecular flexibility index (Phi) is 4.86. The van der Waals surface area contributed by atoms with Crippen LogP contribution in [0.3, 0.4) is 0 Å². The third-order valence-corrected chi connectivity index (χ3v) is 4.48. The van der Waals surface area contributed by atoms with Gasteiger partial charge in [0.1, 0.15) is 0 Å². The van der Waals surface area contributed by atoms with E-state index >= 15 is 0 Å². The van der Waals surface area contributed by atoms with Crippen molar-refractivity contribution in [1.29, 1.82) is 0 Å². The highest BCUT2D eigenvalue weighted by Crippen LogP contribution is 2.31. The lowest BCUT2D eigenvalue weighted by Gasteiger charge is -2.33. The summed E-state index contributed by atoms with van der Waals surface area (Å²) in [5.41, 5.74) is 0. The molecule has 1 heterocycles. The fourth-order valence-electron chi connectivity index (χ4n) is 2.96. The van der Waals surface area contributed by atoms with Crippen LogP contribution in [0.2, 0.25) is 0 Å². The Bertz CT molecular complexity index is 390. The van der Waals surface area contributed by atoms with E-state index in [2.05, 4.69) is 35.6 Å². The third-order valence-electron chi connectivity index (χ3n) is 4.48. The van der Waals surface area contributed by atoms with Gasteiger partial charge in [-0.25, -0.2) is 4.98 Å². The minimum absolute atomic E-state index is 0.315. The van der Waals surface area contributed by atoms with Crippen LogP contribution in [-0.2, 0) is 4.74 Å². The van der Waals surface area contributed by atoms with Crippen LogP contribution in [0.4, 0.5) is 5.95 Å². The average molecular weight is 265 g/mol. The maximum Gasteiger partial charge on any atom is 0.203 e. The van der Waals surface area contributed by atoms with Gasteiger partial charge >= 0.3 is 0 Å². The molecule has 4 heteroatoms. The first-order chi connectivity index (χ1) is 9.11. The minimum Gasteiger partial charge on any atom is -0.383 e. The molecule has 1 aromatic rings. The highest BCUT2D eigenvalue weighted by molar-refractivity contribution is 5.28. The van der Waals surface area contributed by atoms with Crippen LogP contribution in [0, 0.1) is 11.8 Å². The van der Waals surface area contributed by atoms with Gasteiger partial charge in [0.05, 0.1) is 12.6 Å². The Balaban J connectivity index is 1.98. The van der Waals surface area contributed by atoms with Crippen molar-refractivity contribution in [3.05, 3.63) is 12.4 Å². The van der Waals surface area contributed by atoms with Crippen molar-refractivity contribution in [2.24, 2.45) is 11.8 Å². The Labute approximate surface area is 116 Å². The molecule has 1 fully saturated rings. The first-order valence-corrected chi connectivity index (χ1v) is 7.40. The number of rotatable bonds is 5. The number of aromatic nitrogens is 2. The number of hydrogen-bond donors (Lipinski definition) is 1. The number of ether oxygens (including phenoxy) is 1. The third kappa shape index (κ3) is 3.50. The Morgan fingerprint density at radius 2 is 2.21 bits per heavy atom. The van der Waals surface area contributed by atoms with Crippen molar-refractivity contribution in [3.63, 3.8) is 0 Å². The number of anilines is 1. The van der Waals surface area contributed by atoms with Gasteiger partial charge in [0.2, 0.25) is 5.95 Å². The Morgan fingerprint density at radius 3 is 2.89 bits per heavy atom. The molecule has 0 amide bonds. The van der Waals surface area contributed by atoms with Gasteiger partial charge in [-0.15, -0.1) is 0 Å². The van der Waals surface area contributed by atoms with Gasteiger partial charge in [0, 0.05) is 25.5 Å². The second-order valence-electron chi connectivity index (χ2n) is 6.07. The molecule has 1 aromatic heterocycles. The summed E-state index contributed by atoms with van der Waals surface area (Å²) in [7, 11) is 1.74. The van der Waals surface area contributed by atoms with Crippen LogP contribution in [0.1, 0.15) is 46.1 Å². The smallest absolute Gasteiger partial charge is 0.203 e. The average Bonchev–Trinajstić information content (AvgIpc) is 2.82. The van der Waals surface area contributed by atoms with E-state index < -0.39 is 0 Å². The number of nitrogens with one attached hydrogen (secondary N) is 1. The molecule has 4 nitrogen and oxygen atoms in total. The van der Waals surface area contributed by atoms with Crippen LogP contribution in [-0.4, -0.2) is 29.3 Å². The molecule has 0 bridgehead atoms. The maximum atomic E-state index is 5.23. The largest absolute Gasteiger partial charge is 0.383 e. The van der Waals surface area contributed by atoms with E-state index in [4.69, 9.17) is 4.74 Å². The lowest BCUT2D eigenvalue weighted by molar-refractivity contribution is 0.162. The number of imidazole rings is 1. The first-order valence-electron chi connectivity index (χ1n) is 7.40. The highest BCUT2D eigenvalue weighted by atomic mass is 16.5. The van der Waals surface area contributed by atoms with E-state index in [1.165, 1.54) is 19.3 Å². The van der Waals surface area contributed by atoms with Crippen molar-refractivity contribution in [3.8, 4) is 0 Å². The fourth-order valence-corrected chi connectivity index (χ4v) is 2.96. The van der Waals surface area contributed by atoms with Crippen molar-refractivity contribution in [1.82, 2.24) is 9.55 Å². The van der Waals surface area contributed by atoms with Crippen LogP contribution in [0.5, 0.6) is 0 Å². The van der Waals surface area contributed by atoms with Crippen molar-refractivity contribution in [2.75, 3.05) is 19.0 Å². The van der Waals surface area contributed by atoms with E-state index in [1.54, 1.807) is 7.11 Å². The molecule has 1 aliphatic carbocycles. The normalized spacial score (nSPS) is 29.2. The monoisotopic (exact) mass is 265 g/mol. The Morgan fingerprint density at radius 1 is 1.42 bits per heavy atom. The molecule has 2 rings (SSSR count). The Hall–Kier alpha value is -1.03. The van der Waals surface area contributed by atoms with Gasteiger partial charge in [-0.3, -0.25) is 0 Å². The van der Waals surface area contributed by atoms with Crippen LogP contribution < -0.4 is 5.32 Å². The van der Waals surface area contributed by atoms with Gasteiger partial charge < -0.3 is 14.6 Å². The predicted molar refractivity (Wildman–Crippen MR) is 78.4 cm³/mol. The van der Waals surface area contributed by atoms with Gasteiger partial charge in [-0.1, -0.05) is 13.8 Å². The minimum atomic E-state index is 0.315. The molecule has 4 unspecified atom stereocenters. The summed E-state index contributed by atoms with van der Waals surface area (Å²) in [4.78, 5) is 4.45. The van der Waals surface area contributed by atoms with Gasteiger partial charge in [0.25, 0.3) is 0 Å². The predicted octanol–water partition coefficient (Wildman–Crippen LogP) is 3.33. The van der Waals surface area contributed by atoms with Crippen LogP contribution in [0.25, 0.3) is 0 Å². The zero-order valence-electron chi connectivity index (χ0n) is 12.6. The van der Waals surface area contributed by atoms with Crippen LogP contribution in [0.15, 0.2) is 12.4 Å². The molecule has 0 radical (unpaired) electrons. The summed E-state index contributed by atoms with van der Waals surface area (Å²) in [6.07, 6.45) is 7.70. The van der Waals surface area contributed by atoms with Gasteiger partial charge in [-0.05, 0) is 38.0 Å². The first kappa shape index (κ1) is 14.4. The standard InChI is InChI=1S/C15H27N3O/c1-11-5-6-14(9-12(11)2)17-15-16-7-8-18(15)13(3)10-19-4/h7-8,11-14H,5-6,9-10H2,1-4H3,(H,16,17). The zero-order valence-corrected chi connectivity index (χ0v) is 12.6. The van der Waals surface area contributed by atoms with E-state index in [1.807, 2.05) is 12.4 Å². The fraction of sp³-hybridized carbons (Fsp3) is 0.800. The number of hydrogen-bond acceptors (Lipinski definition) is 3. The number of nitrogens with zero attached hydrogens (tertiary/aromatic N) is 2. The summed E-state index contributed by atoms with van der Waals surface area (Å²) in [6, 6.07) is 0.872. The van der Waals surface area contributed by atoms with E-state index in [0.29, 0.717) is 18.7 Å². The molecule has 0 aliphatic heterocycles. The lowest BCUT2D eigenvalue weighted by Crippen LogP contribution is -2.31. The summed E-state index contributed by atoms with van der Waals surface area (Å²) in [5.74, 6) is 2.63. The molecular formula is C15H27N3O. The number of methoxy groups -OCH3 is 1. The SMILES string of the molecule is COCC(C)n1ccnc1NC1CCC(C)C(C)C1.